The van der Waals surface area contributed by atoms with Crippen LogP contribution in [-0.2, 0) is 6.42 Å². The van der Waals surface area contributed by atoms with E-state index in [0.717, 1.165) is 0 Å². The third kappa shape index (κ3) is 2.13. The van der Waals surface area contributed by atoms with Gasteiger partial charge in [-0.25, -0.2) is 4.98 Å². The number of phenolic OH excluding ortho intramolecular Hbond substituents is 1. The molecular formula is C12H13N3O2. The number of hydrogen-bond donors (Lipinski definition) is 3. The van der Waals surface area contributed by atoms with E-state index in [4.69, 9.17) is 5.73 Å². The van der Waals surface area contributed by atoms with Crippen LogP contribution in [0.2, 0.25) is 0 Å². The van der Waals surface area contributed by atoms with Crippen LogP contribution in [0.25, 0.3) is 11.4 Å². The predicted molar refractivity (Wildman–Crippen MR) is 65.7 cm³/mol. The van der Waals surface area contributed by atoms with Gasteiger partial charge in [0.25, 0.3) is 5.56 Å². The fourth-order valence-corrected chi connectivity index (χ4v) is 1.65. The Morgan fingerprint density at radius 2 is 2.24 bits per heavy atom. The summed E-state index contributed by atoms with van der Waals surface area (Å²) < 4.78 is 0. The van der Waals surface area contributed by atoms with Gasteiger partial charge in [-0.15, -0.1) is 0 Å². The van der Waals surface area contributed by atoms with Crippen molar-refractivity contribution in [2.24, 2.45) is 0 Å². The number of rotatable bonds is 2. The number of hydrogen-bond acceptors (Lipinski definition) is 4. The van der Waals surface area contributed by atoms with Crippen LogP contribution >= 0.6 is 0 Å². The van der Waals surface area contributed by atoms with Crippen LogP contribution in [-0.4, -0.2) is 15.1 Å². The number of aromatic nitrogens is 2. The monoisotopic (exact) mass is 231 g/mol. The van der Waals surface area contributed by atoms with E-state index in [9.17, 15) is 9.90 Å². The molecule has 0 fully saturated rings. The molecular weight excluding hydrogens is 218 g/mol. The molecule has 0 amide bonds. The number of nitrogen functional groups attached to an aromatic ring is 1. The van der Waals surface area contributed by atoms with Gasteiger partial charge in [-0.2, -0.15) is 0 Å². The van der Waals surface area contributed by atoms with Crippen molar-refractivity contribution < 1.29 is 5.11 Å². The number of benzene rings is 1. The molecule has 0 bridgehead atoms. The quantitative estimate of drug-likeness (QED) is 0.726. The Bertz CT molecular complexity index is 605. The Morgan fingerprint density at radius 3 is 2.82 bits per heavy atom. The van der Waals surface area contributed by atoms with Crippen molar-refractivity contribution in [1.29, 1.82) is 0 Å². The van der Waals surface area contributed by atoms with E-state index >= 15 is 0 Å². The Labute approximate surface area is 98.0 Å². The van der Waals surface area contributed by atoms with Gasteiger partial charge in [0.1, 0.15) is 17.4 Å². The first-order valence-electron chi connectivity index (χ1n) is 5.30. The van der Waals surface area contributed by atoms with Gasteiger partial charge in [-0.1, -0.05) is 19.1 Å². The molecule has 0 aliphatic rings. The summed E-state index contributed by atoms with van der Waals surface area (Å²) in [7, 11) is 0. The molecule has 0 saturated carbocycles. The molecule has 0 aliphatic heterocycles. The van der Waals surface area contributed by atoms with Gasteiger partial charge in [0.2, 0.25) is 0 Å². The summed E-state index contributed by atoms with van der Waals surface area (Å²) in [5.74, 6) is 0.707. The zero-order valence-corrected chi connectivity index (χ0v) is 9.40. The maximum absolute atomic E-state index is 11.7. The molecule has 5 nitrogen and oxygen atoms in total. The van der Waals surface area contributed by atoms with Gasteiger partial charge in [-0.3, -0.25) is 4.79 Å². The predicted octanol–water partition coefficient (Wildman–Crippen LogP) is 1.29. The van der Waals surface area contributed by atoms with Gasteiger partial charge in [0.05, 0.1) is 5.56 Å². The van der Waals surface area contributed by atoms with Crippen LogP contribution in [0.3, 0.4) is 0 Å². The third-order valence-corrected chi connectivity index (χ3v) is 2.52. The van der Waals surface area contributed by atoms with E-state index in [1.165, 1.54) is 6.07 Å². The maximum atomic E-state index is 11.7. The molecule has 88 valence electrons. The molecule has 0 saturated heterocycles. The second kappa shape index (κ2) is 4.29. The number of nitrogens with zero attached hydrogens (tertiary/aromatic N) is 1. The van der Waals surface area contributed by atoms with Crippen molar-refractivity contribution in [1.82, 2.24) is 9.97 Å². The van der Waals surface area contributed by atoms with Gasteiger partial charge in [0.15, 0.2) is 0 Å². The van der Waals surface area contributed by atoms with Crippen LogP contribution in [0.15, 0.2) is 29.1 Å². The van der Waals surface area contributed by atoms with Crippen molar-refractivity contribution in [3.05, 3.63) is 40.2 Å². The molecule has 5 heteroatoms. The summed E-state index contributed by atoms with van der Waals surface area (Å²) in [5.41, 5.74) is 6.58. The summed E-state index contributed by atoms with van der Waals surface area (Å²) in [4.78, 5) is 18.5. The van der Waals surface area contributed by atoms with E-state index in [2.05, 4.69) is 9.97 Å². The second-order valence-electron chi connectivity index (χ2n) is 3.68. The molecule has 4 N–H and O–H groups in total. The van der Waals surface area contributed by atoms with Crippen molar-refractivity contribution in [2.75, 3.05) is 5.73 Å². The SMILES string of the molecule is CCc1c(N)nc(-c2cccc(O)c2)[nH]c1=O. The maximum Gasteiger partial charge on any atom is 0.256 e. The highest BCUT2D eigenvalue weighted by molar-refractivity contribution is 5.59. The number of H-pyrrole nitrogens is 1. The van der Waals surface area contributed by atoms with Crippen molar-refractivity contribution in [3.8, 4) is 17.1 Å². The van der Waals surface area contributed by atoms with E-state index < -0.39 is 0 Å². The standard InChI is InChI=1S/C12H13N3O2/c1-2-9-10(13)14-11(15-12(9)17)7-4-3-5-8(16)6-7/h3-6,16H,2H2,1H3,(H3,13,14,15,17). The zero-order chi connectivity index (χ0) is 12.4. The highest BCUT2D eigenvalue weighted by Gasteiger charge is 2.08. The molecule has 2 aromatic rings. The van der Waals surface area contributed by atoms with E-state index in [1.54, 1.807) is 18.2 Å². The van der Waals surface area contributed by atoms with Crippen molar-refractivity contribution >= 4 is 5.82 Å². The molecule has 0 aliphatic carbocycles. The lowest BCUT2D eigenvalue weighted by Gasteiger charge is -2.05. The number of nitrogens with two attached hydrogens (primary N) is 1. The average molecular weight is 231 g/mol. The number of aromatic hydroxyl groups is 1. The van der Waals surface area contributed by atoms with Crippen LogP contribution < -0.4 is 11.3 Å². The molecule has 17 heavy (non-hydrogen) atoms. The van der Waals surface area contributed by atoms with Crippen LogP contribution in [0.4, 0.5) is 5.82 Å². The minimum Gasteiger partial charge on any atom is -0.508 e. The molecule has 1 heterocycles. The van der Waals surface area contributed by atoms with Gasteiger partial charge in [-0.05, 0) is 18.6 Å². The molecule has 0 radical (unpaired) electrons. The minimum atomic E-state index is -0.238. The Morgan fingerprint density at radius 1 is 1.47 bits per heavy atom. The molecule has 0 unspecified atom stereocenters. The third-order valence-electron chi connectivity index (χ3n) is 2.52. The lowest BCUT2D eigenvalue weighted by atomic mass is 10.2. The van der Waals surface area contributed by atoms with Crippen LogP contribution in [0.1, 0.15) is 12.5 Å². The fraction of sp³-hybridized carbons (Fsp3) is 0.167. The average Bonchev–Trinajstić information content (AvgIpc) is 2.28. The van der Waals surface area contributed by atoms with E-state index in [1.807, 2.05) is 6.92 Å². The molecule has 0 spiro atoms. The molecule has 0 atom stereocenters. The lowest BCUT2D eigenvalue weighted by molar-refractivity contribution is 0.475. The first kappa shape index (κ1) is 11.2. The Hall–Kier alpha value is -2.30. The van der Waals surface area contributed by atoms with Crippen molar-refractivity contribution in [2.45, 2.75) is 13.3 Å². The Kier molecular flexibility index (Phi) is 2.82. The van der Waals surface area contributed by atoms with Crippen LogP contribution in [0, 0.1) is 0 Å². The summed E-state index contributed by atoms with van der Waals surface area (Å²) in [6, 6.07) is 6.48. The van der Waals surface area contributed by atoms with Crippen LogP contribution in [0.5, 0.6) is 5.75 Å². The minimum absolute atomic E-state index is 0.114. The Balaban J connectivity index is 2.58. The van der Waals surface area contributed by atoms with Crippen molar-refractivity contribution in [3.63, 3.8) is 0 Å². The van der Waals surface area contributed by atoms with Gasteiger partial charge in [0, 0.05) is 5.56 Å². The highest BCUT2D eigenvalue weighted by Crippen LogP contribution is 2.20. The molecule has 1 aromatic carbocycles. The fourth-order valence-electron chi connectivity index (χ4n) is 1.65. The largest absolute Gasteiger partial charge is 0.508 e. The van der Waals surface area contributed by atoms with Gasteiger partial charge < -0.3 is 15.8 Å². The zero-order valence-electron chi connectivity index (χ0n) is 9.40. The normalized spacial score (nSPS) is 10.4. The number of anilines is 1. The number of aromatic amines is 1. The number of phenols is 1. The lowest BCUT2D eigenvalue weighted by Crippen LogP contribution is -2.17. The molecule has 1 aromatic heterocycles. The van der Waals surface area contributed by atoms with E-state index in [0.29, 0.717) is 23.4 Å². The first-order chi connectivity index (χ1) is 8.11. The first-order valence-corrected chi connectivity index (χ1v) is 5.30. The summed E-state index contributed by atoms with van der Waals surface area (Å²) in [6.45, 7) is 1.84. The highest BCUT2D eigenvalue weighted by atomic mass is 16.3. The summed E-state index contributed by atoms with van der Waals surface area (Å²) >= 11 is 0. The molecule has 2 rings (SSSR count). The summed E-state index contributed by atoms with van der Waals surface area (Å²) in [5, 5.41) is 9.36. The van der Waals surface area contributed by atoms with E-state index in [-0.39, 0.29) is 17.1 Å². The smallest absolute Gasteiger partial charge is 0.256 e. The summed E-state index contributed by atoms with van der Waals surface area (Å²) in [6.07, 6.45) is 0.536. The number of nitrogens with one attached hydrogen (secondary N) is 1. The topological polar surface area (TPSA) is 92.0 Å². The second-order valence-corrected chi connectivity index (χ2v) is 3.68. The van der Waals surface area contributed by atoms with Gasteiger partial charge >= 0.3 is 0 Å².